The van der Waals surface area contributed by atoms with Gasteiger partial charge in [0.25, 0.3) is 0 Å². The van der Waals surface area contributed by atoms with Crippen LogP contribution in [-0.4, -0.2) is 42.5 Å². The Balaban J connectivity index is 1.75. The van der Waals surface area contributed by atoms with Gasteiger partial charge in [-0.2, -0.15) is 5.26 Å². The van der Waals surface area contributed by atoms with Gasteiger partial charge in [0.05, 0.1) is 12.6 Å². The number of hydrogen-bond acceptors (Lipinski definition) is 3. The Morgan fingerprint density at radius 2 is 1.76 bits per heavy atom. The zero-order valence-electron chi connectivity index (χ0n) is 11.9. The SMILES string of the molecule is N#CCN1CCN(Cc2cc(Cl)cc3ccccc23)CC1. The Kier molecular flexibility index (Phi) is 4.40. The molecule has 0 amide bonds. The van der Waals surface area contributed by atoms with Crippen molar-refractivity contribution in [2.24, 2.45) is 0 Å². The molecule has 2 aromatic rings. The molecule has 0 aliphatic carbocycles. The maximum atomic E-state index is 8.75. The Morgan fingerprint density at radius 1 is 1.05 bits per heavy atom. The molecule has 0 radical (unpaired) electrons. The molecule has 21 heavy (non-hydrogen) atoms. The van der Waals surface area contributed by atoms with E-state index in [1.807, 2.05) is 12.1 Å². The van der Waals surface area contributed by atoms with Crippen molar-refractivity contribution < 1.29 is 0 Å². The Bertz CT molecular complexity index is 669. The van der Waals surface area contributed by atoms with E-state index < -0.39 is 0 Å². The average Bonchev–Trinajstić information content (AvgIpc) is 2.49. The third-order valence-electron chi connectivity index (χ3n) is 4.07. The second kappa shape index (κ2) is 6.44. The molecule has 2 aromatic carbocycles. The maximum absolute atomic E-state index is 8.75. The fourth-order valence-corrected chi connectivity index (χ4v) is 3.18. The van der Waals surface area contributed by atoms with Crippen molar-refractivity contribution in [3.05, 3.63) is 47.0 Å². The summed E-state index contributed by atoms with van der Waals surface area (Å²) in [6, 6.07) is 14.7. The van der Waals surface area contributed by atoms with Crippen molar-refractivity contribution in [3.63, 3.8) is 0 Å². The van der Waals surface area contributed by atoms with Gasteiger partial charge >= 0.3 is 0 Å². The average molecular weight is 300 g/mol. The topological polar surface area (TPSA) is 30.3 Å². The lowest BCUT2D eigenvalue weighted by Gasteiger charge is -2.33. The first kappa shape index (κ1) is 14.3. The number of fused-ring (bicyclic) bond motifs is 1. The molecule has 0 saturated carbocycles. The van der Waals surface area contributed by atoms with Crippen LogP contribution in [0.5, 0.6) is 0 Å². The normalized spacial score (nSPS) is 17.0. The minimum absolute atomic E-state index is 0.536. The van der Waals surface area contributed by atoms with E-state index in [0.717, 1.165) is 37.7 Å². The first-order valence-electron chi connectivity index (χ1n) is 7.25. The molecule has 0 aromatic heterocycles. The molecule has 0 atom stereocenters. The van der Waals surface area contributed by atoms with Crippen LogP contribution in [0.4, 0.5) is 0 Å². The quantitative estimate of drug-likeness (QED) is 0.816. The van der Waals surface area contributed by atoms with Gasteiger partial charge in [0.15, 0.2) is 0 Å². The maximum Gasteiger partial charge on any atom is 0.0866 e. The van der Waals surface area contributed by atoms with Gasteiger partial charge in [-0.25, -0.2) is 0 Å². The number of piperazine rings is 1. The molecule has 1 heterocycles. The molecule has 1 aliphatic heterocycles. The highest BCUT2D eigenvalue weighted by molar-refractivity contribution is 6.31. The lowest BCUT2D eigenvalue weighted by molar-refractivity contribution is 0.138. The monoisotopic (exact) mass is 299 g/mol. The molecule has 3 rings (SSSR count). The summed E-state index contributed by atoms with van der Waals surface area (Å²) >= 11 is 6.24. The molecule has 1 aliphatic rings. The number of nitrogens with zero attached hydrogens (tertiary/aromatic N) is 3. The Morgan fingerprint density at radius 3 is 2.52 bits per heavy atom. The van der Waals surface area contributed by atoms with Gasteiger partial charge in [-0.1, -0.05) is 35.9 Å². The molecule has 3 nitrogen and oxygen atoms in total. The zero-order chi connectivity index (χ0) is 14.7. The summed E-state index contributed by atoms with van der Waals surface area (Å²) < 4.78 is 0. The highest BCUT2D eigenvalue weighted by Crippen LogP contribution is 2.25. The van der Waals surface area contributed by atoms with E-state index >= 15 is 0 Å². The van der Waals surface area contributed by atoms with Crippen molar-refractivity contribution in [2.75, 3.05) is 32.7 Å². The number of nitriles is 1. The number of rotatable bonds is 3. The van der Waals surface area contributed by atoms with Crippen LogP contribution < -0.4 is 0 Å². The summed E-state index contributed by atoms with van der Waals surface area (Å²) in [4.78, 5) is 4.64. The summed E-state index contributed by atoms with van der Waals surface area (Å²) in [5.74, 6) is 0. The molecular formula is C17H18ClN3. The molecule has 1 fully saturated rings. The van der Waals surface area contributed by atoms with Crippen LogP contribution >= 0.6 is 11.6 Å². The van der Waals surface area contributed by atoms with Crippen LogP contribution in [0.25, 0.3) is 10.8 Å². The van der Waals surface area contributed by atoms with Gasteiger partial charge in [-0.3, -0.25) is 9.80 Å². The van der Waals surface area contributed by atoms with E-state index in [-0.39, 0.29) is 0 Å². The second-order valence-electron chi connectivity index (χ2n) is 5.50. The highest BCUT2D eigenvalue weighted by atomic mass is 35.5. The number of halogens is 1. The van der Waals surface area contributed by atoms with Crippen LogP contribution in [0.1, 0.15) is 5.56 Å². The van der Waals surface area contributed by atoms with E-state index in [1.54, 1.807) is 0 Å². The van der Waals surface area contributed by atoms with Gasteiger partial charge in [-0.15, -0.1) is 0 Å². The van der Waals surface area contributed by atoms with Crippen LogP contribution in [0.15, 0.2) is 36.4 Å². The molecule has 0 bridgehead atoms. The smallest absolute Gasteiger partial charge is 0.0866 e. The molecule has 0 spiro atoms. The van der Waals surface area contributed by atoms with Crippen molar-refractivity contribution in [2.45, 2.75) is 6.54 Å². The van der Waals surface area contributed by atoms with Gasteiger partial charge in [0, 0.05) is 37.7 Å². The first-order valence-corrected chi connectivity index (χ1v) is 7.63. The van der Waals surface area contributed by atoms with Gasteiger partial charge in [0.1, 0.15) is 0 Å². The van der Waals surface area contributed by atoms with Crippen molar-refractivity contribution >= 4 is 22.4 Å². The molecule has 0 unspecified atom stereocenters. The third-order valence-corrected chi connectivity index (χ3v) is 4.28. The van der Waals surface area contributed by atoms with Gasteiger partial charge < -0.3 is 0 Å². The summed E-state index contributed by atoms with van der Waals surface area (Å²) in [5, 5.41) is 12.0. The Hall–Kier alpha value is -1.60. The fourth-order valence-electron chi connectivity index (χ4n) is 2.93. The zero-order valence-corrected chi connectivity index (χ0v) is 12.7. The lowest BCUT2D eigenvalue weighted by atomic mass is 10.0. The number of hydrogen-bond donors (Lipinski definition) is 0. The van der Waals surface area contributed by atoms with Crippen molar-refractivity contribution in [3.8, 4) is 6.07 Å². The summed E-state index contributed by atoms with van der Waals surface area (Å²) in [7, 11) is 0. The summed E-state index contributed by atoms with van der Waals surface area (Å²) in [6.45, 7) is 5.39. The predicted octanol–water partition coefficient (Wildman–Crippen LogP) is 3.13. The summed E-state index contributed by atoms with van der Waals surface area (Å²) in [6.07, 6.45) is 0. The minimum Gasteiger partial charge on any atom is -0.297 e. The third kappa shape index (κ3) is 3.36. The largest absolute Gasteiger partial charge is 0.297 e. The molecular weight excluding hydrogens is 282 g/mol. The predicted molar refractivity (Wildman–Crippen MR) is 86.3 cm³/mol. The molecule has 108 valence electrons. The highest BCUT2D eigenvalue weighted by Gasteiger charge is 2.17. The summed E-state index contributed by atoms with van der Waals surface area (Å²) in [5.41, 5.74) is 1.28. The molecule has 4 heteroatoms. The van der Waals surface area contributed by atoms with E-state index in [4.69, 9.17) is 16.9 Å². The van der Waals surface area contributed by atoms with Crippen molar-refractivity contribution in [1.29, 1.82) is 5.26 Å². The van der Waals surface area contributed by atoms with Crippen LogP contribution in [0.3, 0.4) is 0 Å². The number of benzene rings is 2. The standard InChI is InChI=1S/C17H18ClN3/c18-16-11-14-3-1-2-4-17(14)15(12-16)13-21-9-7-20(6-5-19)8-10-21/h1-4,11-12H,6-10,13H2. The van der Waals surface area contributed by atoms with Gasteiger partial charge in [-0.05, 0) is 28.5 Å². The van der Waals surface area contributed by atoms with Crippen LogP contribution in [0, 0.1) is 11.3 Å². The Labute approximate surface area is 130 Å². The lowest BCUT2D eigenvalue weighted by Crippen LogP contribution is -2.45. The van der Waals surface area contributed by atoms with Crippen molar-refractivity contribution in [1.82, 2.24) is 9.80 Å². The molecule has 1 saturated heterocycles. The van der Waals surface area contributed by atoms with Gasteiger partial charge in [0.2, 0.25) is 0 Å². The van der Waals surface area contributed by atoms with E-state index in [1.165, 1.54) is 16.3 Å². The van der Waals surface area contributed by atoms with E-state index in [2.05, 4.69) is 40.1 Å². The van der Waals surface area contributed by atoms with Crippen LogP contribution in [0.2, 0.25) is 5.02 Å². The van der Waals surface area contributed by atoms with Crippen LogP contribution in [-0.2, 0) is 6.54 Å². The van der Waals surface area contributed by atoms with E-state index in [0.29, 0.717) is 6.54 Å². The van der Waals surface area contributed by atoms with E-state index in [9.17, 15) is 0 Å². The second-order valence-corrected chi connectivity index (χ2v) is 5.93. The fraction of sp³-hybridized carbons (Fsp3) is 0.353. The molecule has 0 N–H and O–H groups in total. The first-order chi connectivity index (χ1) is 10.3. The minimum atomic E-state index is 0.536.